The van der Waals surface area contributed by atoms with Gasteiger partial charge >= 0.3 is 0 Å². The van der Waals surface area contributed by atoms with Crippen molar-refractivity contribution in [1.29, 1.82) is 0 Å². The average molecular weight is 344 g/mol. The van der Waals surface area contributed by atoms with Crippen molar-refractivity contribution in [3.8, 4) is 5.75 Å². The first-order valence-electron chi connectivity index (χ1n) is 7.50. The van der Waals surface area contributed by atoms with Crippen molar-refractivity contribution in [1.82, 2.24) is 5.32 Å². The molecule has 1 aromatic carbocycles. The van der Waals surface area contributed by atoms with Gasteiger partial charge in [-0.25, -0.2) is 0 Å². The standard InChI is InChI=1S/C16H26BrNO2/c1-2-9-18-13-14-12-15(17)7-8-16(14)20-11-6-4-3-5-10-19/h7-8,12,18-19H,2-6,9-11,13H2,1H3. The molecule has 0 bridgehead atoms. The number of aliphatic hydroxyl groups excluding tert-OH is 1. The Morgan fingerprint density at radius 2 is 2.00 bits per heavy atom. The van der Waals surface area contributed by atoms with Crippen LogP contribution in [0.3, 0.4) is 0 Å². The summed E-state index contributed by atoms with van der Waals surface area (Å²) in [6.07, 6.45) is 5.25. The summed E-state index contributed by atoms with van der Waals surface area (Å²) in [6, 6.07) is 6.16. The van der Waals surface area contributed by atoms with Crippen LogP contribution >= 0.6 is 15.9 Å². The van der Waals surface area contributed by atoms with Crippen LogP contribution in [0.5, 0.6) is 5.75 Å². The van der Waals surface area contributed by atoms with E-state index in [9.17, 15) is 0 Å². The highest BCUT2D eigenvalue weighted by molar-refractivity contribution is 9.10. The molecule has 0 amide bonds. The lowest BCUT2D eigenvalue weighted by Crippen LogP contribution is -2.15. The fraction of sp³-hybridized carbons (Fsp3) is 0.625. The molecule has 4 heteroatoms. The Hall–Kier alpha value is -0.580. The fourth-order valence-corrected chi connectivity index (χ4v) is 2.38. The minimum absolute atomic E-state index is 0.292. The summed E-state index contributed by atoms with van der Waals surface area (Å²) in [6.45, 7) is 5.06. The lowest BCUT2D eigenvalue weighted by molar-refractivity contribution is 0.272. The molecule has 0 unspecified atom stereocenters. The zero-order chi connectivity index (χ0) is 14.6. The highest BCUT2D eigenvalue weighted by Crippen LogP contribution is 2.23. The van der Waals surface area contributed by atoms with Gasteiger partial charge in [0.05, 0.1) is 6.61 Å². The highest BCUT2D eigenvalue weighted by atomic mass is 79.9. The van der Waals surface area contributed by atoms with E-state index < -0.39 is 0 Å². The Morgan fingerprint density at radius 3 is 2.75 bits per heavy atom. The number of unbranched alkanes of at least 4 members (excludes halogenated alkanes) is 3. The van der Waals surface area contributed by atoms with Crippen LogP contribution in [0, 0.1) is 0 Å². The lowest BCUT2D eigenvalue weighted by atomic mass is 10.2. The van der Waals surface area contributed by atoms with Crippen molar-refractivity contribution in [2.24, 2.45) is 0 Å². The molecule has 0 spiro atoms. The Kier molecular flexibility index (Phi) is 9.71. The van der Waals surface area contributed by atoms with Gasteiger partial charge in [-0.3, -0.25) is 0 Å². The summed E-state index contributed by atoms with van der Waals surface area (Å²) in [7, 11) is 0. The van der Waals surface area contributed by atoms with Gasteiger partial charge in [0.15, 0.2) is 0 Å². The SMILES string of the molecule is CCCNCc1cc(Br)ccc1OCCCCCCO. The monoisotopic (exact) mass is 343 g/mol. The molecule has 0 heterocycles. The molecule has 1 rings (SSSR count). The Bertz CT molecular complexity index is 371. The number of benzene rings is 1. The predicted octanol–water partition coefficient (Wildman–Crippen LogP) is 3.88. The van der Waals surface area contributed by atoms with Gasteiger partial charge < -0.3 is 15.2 Å². The normalized spacial score (nSPS) is 10.8. The smallest absolute Gasteiger partial charge is 0.123 e. The predicted molar refractivity (Wildman–Crippen MR) is 87.2 cm³/mol. The van der Waals surface area contributed by atoms with Crippen LogP contribution in [0.25, 0.3) is 0 Å². The molecule has 0 aliphatic carbocycles. The highest BCUT2D eigenvalue weighted by Gasteiger charge is 2.04. The largest absolute Gasteiger partial charge is 0.493 e. The minimum Gasteiger partial charge on any atom is -0.493 e. The van der Waals surface area contributed by atoms with E-state index in [0.29, 0.717) is 6.61 Å². The number of ether oxygens (including phenoxy) is 1. The zero-order valence-electron chi connectivity index (χ0n) is 12.3. The van der Waals surface area contributed by atoms with Crippen molar-refractivity contribution in [2.45, 2.75) is 45.6 Å². The van der Waals surface area contributed by atoms with Crippen molar-refractivity contribution in [3.05, 3.63) is 28.2 Å². The number of nitrogens with one attached hydrogen (secondary N) is 1. The number of halogens is 1. The van der Waals surface area contributed by atoms with Gasteiger partial charge in [0.1, 0.15) is 5.75 Å². The van der Waals surface area contributed by atoms with Crippen LogP contribution in [0.1, 0.15) is 44.6 Å². The van der Waals surface area contributed by atoms with E-state index in [1.807, 2.05) is 12.1 Å². The van der Waals surface area contributed by atoms with Crippen LogP contribution < -0.4 is 10.1 Å². The van der Waals surface area contributed by atoms with Gasteiger partial charge in [0.25, 0.3) is 0 Å². The van der Waals surface area contributed by atoms with Gasteiger partial charge in [0.2, 0.25) is 0 Å². The molecular formula is C16H26BrNO2. The van der Waals surface area contributed by atoms with E-state index in [1.54, 1.807) is 0 Å². The summed E-state index contributed by atoms with van der Waals surface area (Å²) in [4.78, 5) is 0. The van der Waals surface area contributed by atoms with Gasteiger partial charge in [-0.05, 0) is 50.4 Å². The molecule has 0 aromatic heterocycles. The Labute approximate surface area is 130 Å². The third-order valence-electron chi connectivity index (χ3n) is 3.07. The molecule has 114 valence electrons. The van der Waals surface area contributed by atoms with E-state index in [-0.39, 0.29) is 0 Å². The second-order valence-corrected chi connectivity index (χ2v) is 5.83. The summed E-state index contributed by atoms with van der Waals surface area (Å²) >= 11 is 3.51. The van der Waals surface area contributed by atoms with Crippen molar-refractivity contribution in [2.75, 3.05) is 19.8 Å². The molecule has 20 heavy (non-hydrogen) atoms. The molecule has 0 radical (unpaired) electrons. The van der Waals surface area contributed by atoms with E-state index >= 15 is 0 Å². The number of hydrogen-bond acceptors (Lipinski definition) is 3. The molecule has 0 fully saturated rings. The molecule has 2 N–H and O–H groups in total. The van der Waals surface area contributed by atoms with E-state index in [1.165, 1.54) is 5.56 Å². The molecule has 0 saturated heterocycles. The van der Waals surface area contributed by atoms with Crippen molar-refractivity contribution in [3.63, 3.8) is 0 Å². The second kappa shape index (κ2) is 11.1. The van der Waals surface area contributed by atoms with E-state index in [0.717, 1.165) is 62.0 Å². The maximum absolute atomic E-state index is 8.72. The zero-order valence-corrected chi connectivity index (χ0v) is 13.9. The molecule has 0 atom stereocenters. The van der Waals surface area contributed by atoms with Crippen LogP contribution in [0.2, 0.25) is 0 Å². The lowest BCUT2D eigenvalue weighted by Gasteiger charge is -2.12. The molecular weight excluding hydrogens is 318 g/mol. The number of hydrogen-bond donors (Lipinski definition) is 2. The van der Waals surface area contributed by atoms with Crippen LogP contribution in [-0.2, 0) is 6.54 Å². The molecule has 1 aromatic rings. The fourth-order valence-electron chi connectivity index (χ4n) is 1.98. The first-order chi connectivity index (χ1) is 9.77. The maximum atomic E-state index is 8.72. The summed E-state index contributed by atoms with van der Waals surface area (Å²) in [5.41, 5.74) is 1.20. The third-order valence-corrected chi connectivity index (χ3v) is 3.57. The third kappa shape index (κ3) is 7.27. The number of rotatable bonds is 11. The van der Waals surface area contributed by atoms with Gasteiger partial charge in [-0.1, -0.05) is 29.3 Å². The topological polar surface area (TPSA) is 41.5 Å². The minimum atomic E-state index is 0.292. The first kappa shape index (κ1) is 17.5. The van der Waals surface area contributed by atoms with E-state index in [4.69, 9.17) is 9.84 Å². The van der Waals surface area contributed by atoms with Crippen LogP contribution in [0.15, 0.2) is 22.7 Å². The van der Waals surface area contributed by atoms with Gasteiger partial charge in [-0.15, -0.1) is 0 Å². The maximum Gasteiger partial charge on any atom is 0.123 e. The summed E-state index contributed by atoms with van der Waals surface area (Å²) < 4.78 is 6.96. The Balaban J connectivity index is 2.38. The number of aliphatic hydroxyl groups is 1. The van der Waals surface area contributed by atoms with Gasteiger partial charge in [-0.2, -0.15) is 0 Å². The van der Waals surface area contributed by atoms with E-state index in [2.05, 4.69) is 34.2 Å². The Morgan fingerprint density at radius 1 is 1.20 bits per heavy atom. The quantitative estimate of drug-likeness (QED) is 0.599. The second-order valence-electron chi connectivity index (χ2n) is 4.92. The summed E-state index contributed by atoms with van der Waals surface area (Å²) in [5.74, 6) is 0.971. The molecule has 3 nitrogen and oxygen atoms in total. The summed E-state index contributed by atoms with van der Waals surface area (Å²) in [5, 5.41) is 12.1. The van der Waals surface area contributed by atoms with Gasteiger partial charge in [0, 0.05) is 23.2 Å². The van der Waals surface area contributed by atoms with Crippen molar-refractivity contribution < 1.29 is 9.84 Å². The molecule has 0 aliphatic heterocycles. The molecule has 0 saturated carbocycles. The van der Waals surface area contributed by atoms with Crippen molar-refractivity contribution >= 4 is 15.9 Å². The first-order valence-corrected chi connectivity index (χ1v) is 8.30. The average Bonchev–Trinajstić information content (AvgIpc) is 2.45. The van der Waals surface area contributed by atoms with Crippen LogP contribution in [-0.4, -0.2) is 24.9 Å². The van der Waals surface area contributed by atoms with Crippen LogP contribution in [0.4, 0.5) is 0 Å². The molecule has 0 aliphatic rings.